The highest BCUT2D eigenvalue weighted by Crippen LogP contribution is 2.34. The number of nitrogens with one attached hydrogen (secondary N) is 2. The zero-order valence-electron chi connectivity index (χ0n) is 24.0. The molecule has 2 aromatic carbocycles. The van der Waals surface area contributed by atoms with Crippen molar-refractivity contribution in [2.45, 2.75) is 45.9 Å². The van der Waals surface area contributed by atoms with Crippen molar-refractivity contribution in [1.82, 2.24) is 15.3 Å². The van der Waals surface area contributed by atoms with Crippen LogP contribution < -0.4 is 10.7 Å². The Kier molecular flexibility index (Phi) is 7.18. The minimum absolute atomic E-state index is 0.0660. The second kappa shape index (κ2) is 11.3. The molecule has 11 heteroatoms. The first kappa shape index (κ1) is 22.8. The summed E-state index contributed by atoms with van der Waals surface area (Å²) in [5.74, 6) is -0.702. The van der Waals surface area contributed by atoms with Gasteiger partial charge in [0.1, 0.15) is 5.60 Å². The summed E-state index contributed by atoms with van der Waals surface area (Å²) < 4.78 is 78.8. The molecule has 196 valence electrons. The lowest BCUT2D eigenvalue weighted by Crippen LogP contribution is -2.54. The predicted molar refractivity (Wildman–Crippen MR) is 140 cm³/mol. The number of benzene rings is 2. The fraction of sp³-hybridized carbons (Fsp3) is 0.440. The maximum absolute atomic E-state index is 14.0. The molecule has 2 aromatic rings. The number of piperazine rings is 1. The van der Waals surface area contributed by atoms with Crippen molar-refractivity contribution in [1.29, 1.82) is 0 Å². The first-order valence-corrected chi connectivity index (χ1v) is 12.2. The molecule has 7 nitrogen and oxygen atoms in total. The van der Waals surface area contributed by atoms with Gasteiger partial charge < -0.3 is 10.1 Å². The second-order valence-corrected chi connectivity index (χ2v) is 10.4. The van der Waals surface area contributed by atoms with Gasteiger partial charge in [0.25, 0.3) is 5.91 Å². The summed E-state index contributed by atoms with van der Waals surface area (Å²) in [6, 6.07) is 7.20. The summed E-state index contributed by atoms with van der Waals surface area (Å²) in [6.45, 7) is 2.50. The number of halogens is 4. The summed E-state index contributed by atoms with van der Waals surface area (Å²) in [4.78, 5) is 26.3. The zero-order chi connectivity index (χ0) is 30.0. The summed E-state index contributed by atoms with van der Waals surface area (Å²) >= 11 is 1.79. The molecule has 36 heavy (non-hydrogen) atoms. The average Bonchev–Trinajstić information content (AvgIpc) is 2.81. The fourth-order valence-corrected chi connectivity index (χ4v) is 3.96. The van der Waals surface area contributed by atoms with Crippen molar-refractivity contribution in [2.24, 2.45) is 0 Å². The Balaban J connectivity index is 1.72. The molecule has 1 unspecified atom stereocenters. The van der Waals surface area contributed by atoms with Crippen LogP contribution in [0.25, 0.3) is 0 Å². The zero-order valence-corrected chi connectivity index (χ0v) is 22.2. The Hall–Kier alpha value is -2.38. The molecule has 1 heterocycles. The Morgan fingerprint density at radius 2 is 1.81 bits per heavy atom. The molecule has 0 saturated carbocycles. The fourth-order valence-electron chi connectivity index (χ4n) is 3.44. The van der Waals surface area contributed by atoms with E-state index in [-0.39, 0.29) is 48.6 Å². The predicted octanol–water partition coefficient (Wildman–Crippen LogP) is 5.43. The van der Waals surface area contributed by atoms with Crippen molar-refractivity contribution in [2.75, 3.05) is 31.5 Å². The van der Waals surface area contributed by atoms with E-state index in [1.807, 2.05) is 0 Å². The number of aryl methyl sites for hydroxylation is 1. The summed E-state index contributed by atoms with van der Waals surface area (Å²) in [6.07, 6.45) is -5.42. The summed E-state index contributed by atoms with van der Waals surface area (Å²) in [5, 5.41) is 4.02. The highest BCUT2D eigenvalue weighted by Gasteiger charge is 2.34. The van der Waals surface area contributed by atoms with E-state index in [1.165, 1.54) is 30.3 Å². The van der Waals surface area contributed by atoms with Crippen molar-refractivity contribution in [3.63, 3.8) is 0 Å². The van der Waals surface area contributed by atoms with Gasteiger partial charge in [-0.1, -0.05) is 12.1 Å². The molecule has 1 atom stereocenters. The van der Waals surface area contributed by atoms with Crippen LogP contribution in [0.4, 0.5) is 23.7 Å². The number of carbonyl (C=O) groups is 2. The number of alkyl halides is 3. The van der Waals surface area contributed by atoms with Gasteiger partial charge in [0.05, 0.1) is 5.56 Å². The largest absolute Gasteiger partial charge is 0.443 e. The number of hydrazine groups is 1. The molecule has 1 fully saturated rings. The van der Waals surface area contributed by atoms with Gasteiger partial charge in [-0.25, -0.2) is 9.80 Å². The van der Waals surface area contributed by atoms with E-state index < -0.39 is 42.7 Å². The molecular formula is C25H30F3IN4O3. The molecule has 0 radical (unpaired) electrons. The maximum atomic E-state index is 14.0. The molecule has 2 N–H and O–H groups in total. The lowest BCUT2D eigenvalue weighted by molar-refractivity contribution is -0.138. The van der Waals surface area contributed by atoms with E-state index in [1.54, 1.807) is 53.3 Å². The minimum Gasteiger partial charge on any atom is -0.443 e. The van der Waals surface area contributed by atoms with Crippen LogP contribution in [0.5, 0.6) is 0 Å². The van der Waals surface area contributed by atoms with Crippen LogP contribution in [-0.2, 0) is 17.4 Å². The quantitative estimate of drug-likeness (QED) is 0.436. The minimum atomic E-state index is -4.79. The van der Waals surface area contributed by atoms with E-state index in [9.17, 15) is 22.8 Å². The van der Waals surface area contributed by atoms with E-state index >= 15 is 0 Å². The highest BCUT2D eigenvalue weighted by atomic mass is 127. The number of hydrogen-bond donors (Lipinski definition) is 2. The molecule has 0 bridgehead atoms. The Labute approximate surface area is 228 Å². The van der Waals surface area contributed by atoms with Gasteiger partial charge in [0.15, 0.2) is 0 Å². The van der Waals surface area contributed by atoms with Crippen LogP contribution in [-0.4, -0.2) is 53.7 Å². The molecule has 0 aromatic heterocycles. The van der Waals surface area contributed by atoms with Gasteiger partial charge in [0, 0.05) is 53.0 Å². The van der Waals surface area contributed by atoms with Crippen LogP contribution >= 0.6 is 22.6 Å². The Morgan fingerprint density at radius 1 is 1.11 bits per heavy atom. The van der Waals surface area contributed by atoms with Crippen LogP contribution in [0.3, 0.4) is 0 Å². The third kappa shape index (κ3) is 8.07. The Morgan fingerprint density at radius 3 is 2.39 bits per heavy atom. The van der Waals surface area contributed by atoms with Gasteiger partial charge in [-0.2, -0.15) is 13.2 Å². The SMILES string of the molecule is [2H]C(c1ccc(NC(=O)c2ccc(C([2H])([2H])[2H])c(I)c2)cc1C(F)(F)F)N1CCN(NC(=O)OC(C)(C)C)CC1. The van der Waals surface area contributed by atoms with Crippen LogP contribution in [0.1, 0.15) is 53.3 Å². The van der Waals surface area contributed by atoms with Crippen LogP contribution in [0.2, 0.25) is 0 Å². The first-order chi connectivity index (χ1) is 18.3. The highest BCUT2D eigenvalue weighted by molar-refractivity contribution is 14.1. The summed E-state index contributed by atoms with van der Waals surface area (Å²) in [5.41, 5.74) is 0.641. The molecule has 0 aliphatic carbocycles. The van der Waals surface area contributed by atoms with Gasteiger partial charge in [0.2, 0.25) is 0 Å². The lowest BCUT2D eigenvalue weighted by Gasteiger charge is -2.35. The van der Waals surface area contributed by atoms with Gasteiger partial charge in [-0.05, 0) is 85.6 Å². The Bertz CT molecular complexity index is 1250. The molecule has 3 rings (SSSR count). The number of amides is 2. The molecular weight excluding hydrogens is 588 g/mol. The smallest absolute Gasteiger partial charge is 0.422 e. The van der Waals surface area contributed by atoms with Crippen molar-refractivity contribution >= 4 is 40.3 Å². The third-order valence-electron chi connectivity index (χ3n) is 5.13. The monoisotopic (exact) mass is 622 g/mol. The second-order valence-electron chi connectivity index (χ2n) is 9.21. The number of hydrogen-bond acceptors (Lipinski definition) is 5. The molecule has 1 saturated heterocycles. The van der Waals surface area contributed by atoms with Crippen molar-refractivity contribution < 1.29 is 33.0 Å². The van der Waals surface area contributed by atoms with E-state index in [0.717, 1.165) is 6.07 Å². The molecule has 2 amide bonds. The molecule has 1 aliphatic rings. The number of anilines is 1. The standard InChI is InChI=1S/C25H30F3IN4O3/c1-16-5-6-17(13-21(16)29)22(34)30-19-8-7-18(20(14-19)25(26,27)28)15-32-9-11-33(12-10-32)31-23(35)36-24(2,3)4/h5-8,13-14H,9-12,15H2,1-4H3,(H,30,34)(H,31,35)/i1D3,15D. The number of ether oxygens (including phenoxy) is 1. The van der Waals surface area contributed by atoms with Crippen molar-refractivity contribution in [3.8, 4) is 0 Å². The van der Waals surface area contributed by atoms with Gasteiger partial charge in [-0.3, -0.25) is 15.1 Å². The van der Waals surface area contributed by atoms with E-state index in [0.29, 0.717) is 3.57 Å². The van der Waals surface area contributed by atoms with Crippen LogP contribution in [0, 0.1) is 10.4 Å². The van der Waals surface area contributed by atoms with Gasteiger partial charge in [-0.15, -0.1) is 0 Å². The van der Waals surface area contributed by atoms with E-state index in [4.69, 9.17) is 10.2 Å². The third-order valence-corrected chi connectivity index (χ3v) is 6.02. The average molecular weight is 622 g/mol. The lowest BCUT2D eigenvalue weighted by atomic mass is 10.0. The summed E-state index contributed by atoms with van der Waals surface area (Å²) in [7, 11) is 0. The van der Waals surface area contributed by atoms with Gasteiger partial charge >= 0.3 is 12.3 Å². The van der Waals surface area contributed by atoms with E-state index in [2.05, 4.69) is 10.7 Å². The normalized spacial score (nSPS) is 18.3. The number of nitrogens with zero attached hydrogens (tertiary/aromatic N) is 2. The van der Waals surface area contributed by atoms with Crippen molar-refractivity contribution in [3.05, 3.63) is 62.2 Å². The molecule has 0 spiro atoms. The number of carbonyl (C=O) groups excluding carboxylic acids is 2. The molecule has 1 aliphatic heterocycles. The number of rotatable bonds is 5. The first-order valence-electron chi connectivity index (χ1n) is 13.2. The maximum Gasteiger partial charge on any atom is 0.422 e. The van der Waals surface area contributed by atoms with Crippen LogP contribution in [0.15, 0.2) is 36.4 Å². The topological polar surface area (TPSA) is 73.9 Å².